The molecule has 2 aliphatic rings. The molecule has 1 aromatic carbocycles. The molecule has 0 bridgehead atoms. The van der Waals surface area contributed by atoms with Gasteiger partial charge in [-0.25, -0.2) is 0 Å². The van der Waals surface area contributed by atoms with Gasteiger partial charge in [-0.2, -0.15) is 0 Å². The highest BCUT2D eigenvalue weighted by Crippen LogP contribution is 2.34. The van der Waals surface area contributed by atoms with Crippen LogP contribution in [0, 0.1) is 0 Å². The van der Waals surface area contributed by atoms with E-state index in [0.29, 0.717) is 13.1 Å². The average molecular weight is 318 g/mol. The molecule has 2 heterocycles. The maximum absolute atomic E-state index is 12.4. The molecule has 2 aliphatic heterocycles. The Labute approximate surface area is 137 Å². The molecule has 126 valence electrons. The van der Waals surface area contributed by atoms with E-state index in [9.17, 15) is 4.79 Å². The van der Waals surface area contributed by atoms with Crippen molar-refractivity contribution in [3.05, 3.63) is 35.9 Å². The Balaban J connectivity index is 1.64. The van der Waals surface area contributed by atoms with E-state index < -0.39 is 0 Å². The Bertz CT molecular complexity index is 514. The molecule has 0 radical (unpaired) electrons. The van der Waals surface area contributed by atoms with Gasteiger partial charge in [0.2, 0.25) is 5.91 Å². The lowest BCUT2D eigenvalue weighted by Crippen LogP contribution is -2.47. The van der Waals surface area contributed by atoms with Crippen LogP contribution in [0.3, 0.4) is 0 Å². The lowest BCUT2D eigenvalue weighted by Gasteiger charge is -2.38. The molecule has 0 spiro atoms. The second-order valence-corrected chi connectivity index (χ2v) is 6.54. The Hall–Kier alpha value is -1.43. The van der Waals surface area contributed by atoms with Crippen molar-refractivity contribution < 1.29 is 14.3 Å². The Kier molecular flexibility index (Phi) is 5.30. The molecule has 23 heavy (non-hydrogen) atoms. The molecule has 3 rings (SSSR count). The van der Waals surface area contributed by atoms with Gasteiger partial charge in [-0.05, 0) is 31.2 Å². The summed E-state index contributed by atoms with van der Waals surface area (Å²) in [6.07, 6.45) is 3.15. The Morgan fingerprint density at radius 1 is 1.22 bits per heavy atom. The van der Waals surface area contributed by atoms with Gasteiger partial charge in [0, 0.05) is 31.7 Å². The first-order chi connectivity index (χ1) is 11.2. The third-order valence-corrected chi connectivity index (χ3v) is 5.10. The molecule has 2 saturated heterocycles. The molecular formula is C18H26N2O3. The number of benzene rings is 1. The van der Waals surface area contributed by atoms with Crippen LogP contribution in [-0.4, -0.2) is 44.4 Å². The van der Waals surface area contributed by atoms with Gasteiger partial charge in [0.1, 0.15) is 6.10 Å². The van der Waals surface area contributed by atoms with Crippen molar-refractivity contribution in [2.24, 2.45) is 5.73 Å². The normalized spacial score (nSPS) is 26.8. The Morgan fingerprint density at radius 2 is 1.96 bits per heavy atom. The molecule has 0 aliphatic carbocycles. The first-order valence-electron chi connectivity index (χ1n) is 8.50. The molecule has 1 aromatic rings. The highest BCUT2D eigenvalue weighted by atomic mass is 16.5. The van der Waals surface area contributed by atoms with Crippen LogP contribution in [-0.2, 0) is 19.7 Å². The number of carbonyl (C=O) groups excluding carboxylic acids is 1. The third-order valence-electron chi connectivity index (χ3n) is 5.10. The second-order valence-electron chi connectivity index (χ2n) is 6.54. The van der Waals surface area contributed by atoms with Crippen LogP contribution in [0.4, 0.5) is 0 Å². The summed E-state index contributed by atoms with van der Waals surface area (Å²) in [4.78, 5) is 12.4. The fraction of sp³-hybridized carbons (Fsp3) is 0.611. The van der Waals surface area contributed by atoms with E-state index in [1.807, 2.05) is 6.07 Å². The minimum atomic E-state index is -0.351. The zero-order chi connectivity index (χ0) is 16.1. The highest BCUT2D eigenvalue weighted by Gasteiger charge is 2.36. The summed E-state index contributed by atoms with van der Waals surface area (Å²) in [5, 5.41) is 3.12. The van der Waals surface area contributed by atoms with Gasteiger partial charge in [0.25, 0.3) is 0 Å². The van der Waals surface area contributed by atoms with Crippen LogP contribution >= 0.6 is 0 Å². The van der Waals surface area contributed by atoms with E-state index in [1.54, 1.807) is 0 Å². The topological polar surface area (TPSA) is 73.6 Å². The first-order valence-corrected chi connectivity index (χ1v) is 8.50. The minimum Gasteiger partial charge on any atom is -0.381 e. The van der Waals surface area contributed by atoms with Crippen LogP contribution in [0.2, 0.25) is 0 Å². The maximum Gasteiger partial charge on any atom is 0.249 e. The van der Waals surface area contributed by atoms with Crippen molar-refractivity contribution in [2.45, 2.75) is 43.3 Å². The van der Waals surface area contributed by atoms with Crippen LogP contribution in [0.15, 0.2) is 30.3 Å². The maximum atomic E-state index is 12.4. The van der Waals surface area contributed by atoms with Crippen molar-refractivity contribution in [1.29, 1.82) is 0 Å². The second kappa shape index (κ2) is 7.43. The van der Waals surface area contributed by atoms with E-state index in [4.69, 9.17) is 15.2 Å². The standard InChI is InChI=1S/C18H26N2O3/c19-12-15-6-7-16(23-15)17(21)20-13-18(8-10-22-11-9-18)14-4-2-1-3-5-14/h1-5,15-16H,6-13,19H2,(H,20,21)/t15-,16+/m1/s1. The van der Waals surface area contributed by atoms with Gasteiger partial charge in [0.05, 0.1) is 6.10 Å². The number of ether oxygens (including phenoxy) is 2. The minimum absolute atomic E-state index is 0.0113. The summed E-state index contributed by atoms with van der Waals surface area (Å²) in [7, 11) is 0. The monoisotopic (exact) mass is 318 g/mol. The van der Waals surface area contributed by atoms with Crippen molar-refractivity contribution >= 4 is 5.91 Å². The largest absolute Gasteiger partial charge is 0.381 e. The lowest BCUT2D eigenvalue weighted by molar-refractivity contribution is -0.132. The van der Waals surface area contributed by atoms with Crippen molar-refractivity contribution in [3.63, 3.8) is 0 Å². The van der Waals surface area contributed by atoms with E-state index >= 15 is 0 Å². The lowest BCUT2D eigenvalue weighted by atomic mass is 9.74. The third kappa shape index (κ3) is 3.74. The summed E-state index contributed by atoms with van der Waals surface area (Å²) in [6, 6.07) is 10.4. The predicted molar refractivity (Wildman–Crippen MR) is 88.1 cm³/mol. The van der Waals surface area contributed by atoms with Crippen molar-refractivity contribution in [3.8, 4) is 0 Å². The summed E-state index contributed by atoms with van der Waals surface area (Å²) in [5.41, 5.74) is 6.85. The zero-order valence-electron chi connectivity index (χ0n) is 13.5. The van der Waals surface area contributed by atoms with E-state index in [2.05, 4.69) is 29.6 Å². The average Bonchev–Trinajstić information content (AvgIpc) is 3.10. The predicted octanol–water partition coefficient (Wildman–Crippen LogP) is 1.36. The molecular weight excluding hydrogens is 292 g/mol. The molecule has 0 aromatic heterocycles. The number of rotatable bonds is 5. The van der Waals surface area contributed by atoms with Gasteiger partial charge < -0.3 is 20.5 Å². The van der Waals surface area contributed by atoms with Crippen LogP contribution < -0.4 is 11.1 Å². The SMILES string of the molecule is NC[C@H]1CC[C@@H](C(=O)NCC2(c3ccccc3)CCOCC2)O1. The molecule has 2 atom stereocenters. The number of carbonyl (C=O) groups is 1. The quantitative estimate of drug-likeness (QED) is 0.860. The smallest absolute Gasteiger partial charge is 0.249 e. The van der Waals surface area contributed by atoms with Crippen molar-refractivity contribution in [1.82, 2.24) is 5.32 Å². The first kappa shape index (κ1) is 16.4. The zero-order valence-corrected chi connectivity index (χ0v) is 13.5. The summed E-state index contributed by atoms with van der Waals surface area (Å²) in [6.45, 7) is 2.58. The molecule has 3 N–H and O–H groups in total. The highest BCUT2D eigenvalue weighted by molar-refractivity contribution is 5.81. The van der Waals surface area contributed by atoms with Crippen LogP contribution in [0.25, 0.3) is 0 Å². The number of nitrogens with two attached hydrogens (primary N) is 1. The molecule has 0 saturated carbocycles. The molecule has 5 heteroatoms. The summed E-state index contributed by atoms with van der Waals surface area (Å²) < 4.78 is 11.2. The van der Waals surface area contributed by atoms with E-state index in [-0.39, 0.29) is 23.5 Å². The van der Waals surface area contributed by atoms with Gasteiger partial charge in [-0.1, -0.05) is 30.3 Å². The van der Waals surface area contributed by atoms with E-state index in [0.717, 1.165) is 38.9 Å². The number of hydrogen-bond donors (Lipinski definition) is 2. The van der Waals surface area contributed by atoms with Crippen molar-refractivity contribution in [2.75, 3.05) is 26.3 Å². The van der Waals surface area contributed by atoms with Gasteiger partial charge in [-0.15, -0.1) is 0 Å². The Morgan fingerprint density at radius 3 is 2.61 bits per heavy atom. The van der Waals surface area contributed by atoms with Gasteiger partial charge >= 0.3 is 0 Å². The molecule has 1 amide bonds. The number of amides is 1. The summed E-state index contributed by atoms with van der Waals surface area (Å²) >= 11 is 0. The van der Waals surface area contributed by atoms with E-state index in [1.165, 1.54) is 5.56 Å². The molecule has 2 fully saturated rings. The molecule has 0 unspecified atom stereocenters. The fourth-order valence-corrected chi connectivity index (χ4v) is 3.56. The van der Waals surface area contributed by atoms with Crippen LogP contribution in [0.5, 0.6) is 0 Å². The van der Waals surface area contributed by atoms with Gasteiger partial charge in [-0.3, -0.25) is 4.79 Å². The molecule has 5 nitrogen and oxygen atoms in total. The number of hydrogen-bond acceptors (Lipinski definition) is 4. The summed E-state index contributed by atoms with van der Waals surface area (Å²) in [5.74, 6) is -0.0113. The number of nitrogens with one attached hydrogen (secondary N) is 1. The van der Waals surface area contributed by atoms with Crippen LogP contribution in [0.1, 0.15) is 31.2 Å². The fourth-order valence-electron chi connectivity index (χ4n) is 3.56. The van der Waals surface area contributed by atoms with Gasteiger partial charge in [0.15, 0.2) is 0 Å².